The van der Waals surface area contributed by atoms with Gasteiger partial charge in [-0.15, -0.1) is 11.3 Å². The van der Waals surface area contributed by atoms with Crippen molar-refractivity contribution in [1.29, 1.82) is 0 Å². The van der Waals surface area contributed by atoms with Crippen molar-refractivity contribution in [2.45, 2.75) is 33.1 Å². The summed E-state index contributed by atoms with van der Waals surface area (Å²) in [4.78, 5) is 14.2. The second-order valence-electron chi connectivity index (χ2n) is 4.10. The van der Waals surface area contributed by atoms with Gasteiger partial charge in [-0.2, -0.15) is 5.10 Å². The van der Waals surface area contributed by atoms with Crippen LogP contribution in [0.15, 0.2) is 18.5 Å². The van der Waals surface area contributed by atoms with Crippen LogP contribution >= 0.6 is 11.3 Å². The zero-order valence-corrected chi connectivity index (χ0v) is 11.4. The molecule has 96 valence electrons. The molecule has 0 aromatic carbocycles. The van der Waals surface area contributed by atoms with Gasteiger partial charge in [0.1, 0.15) is 0 Å². The predicted octanol–water partition coefficient (Wildman–Crippen LogP) is 3.24. The van der Waals surface area contributed by atoms with E-state index in [-0.39, 0.29) is 5.91 Å². The second kappa shape index (κ2) is 5.82. The average Bonchev–Trinajstić information content (AvgIpc) is 2.98. The van der Waals surface area contributed by atoms with Gasteiger partial charge in [0.2, 0.25) is 0 Å². The Hall–Kier alpha value is -1.62. The fourth-order valence-electron chi connectivity index (χ4n) is 1.83. The maximum absolute atomic E-state index is 12.1. The summed E-state index contributed by atoms with van der Waals surface area (Å²) in [5.41, 5.74) is 1.99. The Morgan fingerprint density at radius 3 is 2.94 bits per heavy atom. The lowest BCUT2D eigenvalue weighted by Gasteiger charge is -1.98. The lowest BCUT2D eigenvalue weighted by Crippen LogP contribution is -2.09. The largest absolute Gasteiger partial charge is 0.319 e. The molecular formula is C13H17N3OS. The van der Waals surface area contributed by atoms with E-state index in [1.807, 2.05) is 6.07 Å². The third kappa shape index (κ3) is 2.79. The van der Waals surface area contributed by atoms with Crippen LogP contribution in [0.4, 0.5) is 5.69 Å². The van der Waals surface area contributed by atoms with Gasteiger partial charge in [0.05, 0.1) is 16.8 Å². The Kier molecular flexibility index (Phi) is 4.15. The summed E-state index contributed by atoms with van der Waals surface area (Å²) in [5, 5.41) is 9.30. The van der Waals surface area contributed by atoms with Crippen molar-refractivity contribution in [3.63, 3.8) is 0 Å². The number of amides is 1. The van der Waals surface area contributed by atoms with E-state index in [0.717, 1.165) is 24.1 Å². The molecule has 2 heterocycles. The number of thiophene rings is 1. The first-order valence-electron chi connectivity index (χ1n) is 6.16. The van der Waals surface area contributed by atoms with Gasteiger partial charge in [-0.3, -0.25) is 9.89 Å². The van der Waals surface area contributed by atoms with Crippen LogP contribution < -0.4 is 5.32 Å². The van der Waals surface area contributed by atoms with Crippen molar-refractivity contribution in [3.05, 3.63) is 33.8 Å². The Morgan fingerprint density at radius 2 is 2.33 bits per heavy atom. The molecule has 0 bridgehead atoms. The smallest absolute Gasteiger partial charge is 0.265 e. The molecule has 2 aromatic rings. The molecule has 2 aromatic heterocycles. The molecule has 0 unspecified atom stereocenters. The number of rotatable bonds is 5. The summed E-state index contributed by atoms with van der Waals surface area (Å²) in [5.74, 6) is -0.0570. The van der Waals surface area contributed by atoms with Gasteiger partial charge in [-0.25, -0.2) is 0 Å². The highest BCUT2D eigenvalue weighted by Crippen LogP contribution is 2.25. The van der Waals surface area contributed by atoms with Crippen LogP contribution in [0.5, 0.6) is 0 Å². The van der Waals surface area contributed by atoms with Crippen molar-refractivity contribution >= 4 is 22.9 Å². The molecule has 0 saturated heterocycles. The van der Waals surface area contributed by atoms with Gasteiger partial charge in [-0.1, -0.05) is 20.3 Å². The van der Waals surface area contributed by atoms with E-state index in [1.165, 1.54) is 10.4 Å². The maximum Gasteiger partial charge on any atom is 0.265 e. The number of nitrogens with zero attached hydrogens (tertiary/aromatic N) is 1. The molecule has 5 heteroatoms. The fraction of sp³-hybridized carbons (Fsp3) is 0.385. The molecule has 2 N–H and O–H groups in total. The number of hydrogen-bond acceptors (Lipinski definition) is 3. The van der Waals surface area contributed by atoms with E-state index in [2.05, 4.69) is 29.4 Å². The highest BCUT2D eigenvalue weighted by Gasteiger charge is 2.13. The minimum Gasteiger partial charge on any atom is -0.319 e. The lowest BCUT2D eigenvalue weighted by molar-refractivity contribution is 0.103. The molecule has 0 spiro atoms. The van der Waals surface area contributed by atoms with Crippen LogP contribution in [0.25, 0.3) is 0 Å². The number of carbonyl (C=O) groups excluding carboxylic acids is 1. The summed E-state index contributed by atoms with van der Waals surface area (Å²) >= 11 is 1.60. The Morgan fingerprint density at radius 1 is 1.50 bits per heavy atom. The van der Waals surface area contributed by atoms with Crippen molar-refractivity contribution < 1.29 is 4.79 Å². The molecular weight excluding hydrogens is 246 g/mol. The zero-order chi connectivity index (χ0) is 13.0. The fourth-order valence-corrected chi connectivity index (χ4v) is 3.08. The third-order valence-electron chi connectivity index (χ3n) is 2.73. The number of nitrogens with one attached hydrogen (secondary N) is 2. The monoisotopic (exact) mass is 263 g/mol. The van der Waals surface area contributed by atoms with Gasteiger partial charge in [0.25, 0.3) is 5.91 Å². The average molecular weight is 263 g/mol. The molecule has 0 aliphatic rings. The third-order valence-corrected chi connectivity index (χ3v) is 3.97. The normalized spacial score (nSPS) is 10.6. The topological polar surface area (TPSA) is 57.8 Å². The Labute approximate surface area is 110 Å². The van der Waals surface area contributed by atoms with Crippen molar-refractivity contribution in [2.24, 2.45) is 0 Å². The van der Waals surface area contributed by atoms with E-state index < -0.39 is 0 Å². The van der Waals surface area contributed by atoms with E-state index >= 15 is 0 Å². The number of aromatic nitrogens is 2. The van der Waals surface area contributed by atoms with Gasteiger partial charge in [0, 0.05) is 11.1 Å². The summed E-state index contributed by atoms with van der Waals surface area (Å²) in [6, 6.07) is 2.01. The van der Waals surface area contributed by atoms with E-state index in [1.54, 1.807) is 23.7 Å². The Balaban J connectivity index is 2.15. The van der Waals surface area contributed by atoms with Crippen molar-refractivity contribution in [1.82, 2.24) is 10.2 Å². The van der Waals surface area contributed by atoms with Crippen LogP contribution in [0.1, 0.15) is 40.4 Å². The molecule has 0 aliphatic carbocycles. The molecule has 0 atom stereocenters. The highest BCUT2D eigenvalue weighted by molar-refractivity contribution is 7.14. The highest BCUT2D eigenvalue weighted by atomic mass is 32.1. The van der Waals surface area contributed by atoms with Crippen molar-refractivity contribution in [2.75, 3.05) is 5.32 Å². The first-order chi connectivity index (χ1) is 8.74. The number of anilines is 1. The van der Waals surface area contributed by atoms with Crippen LogP contribution in [0.2, 0.25) is 0 Å². The summed E-state index contributed by atoms with van der Waals surface area (Å²) in [6.45, 7) is 4.28. The number of H-pyrrole nitrogens is 1. The molecule has 1 amide bonds. The summed E-state index contributed by atoms with van der Waals surface area (Å²) in [7, 11) is 0. The van der Waals surface area contributed by atoms with Gasteiger partial charge in [0.15, 0.2) is 0 Å². The van der Waals surface area contributed by atoms with Crippen LogP contribution in [-0.2, 0) is 12.8 Å². The summed E-state index contributed by atoms with van der Waals surface area (Å²) in [6.07, 6.45) is 6.40. The molecule has 0 aliphatic heterocycles. The molecule has 0 saturated carbocycles. The van der Waals surface area contributed by atoms with Crippen LogP contribution in [0, 0.1) is 0 Å². The van der Waals surface area contributed by atoms with Crippen LogP contribution in [-0.4, -0.2) is 16.1 Å². The summed E-state index contributed by atoms with van der Waals surface area (Å²) < 4.78 is 0. The molecule has 4 nitrogen and oxygen atoms in total. The quantitative estimate of drug-likeness (QED) is 0.870. The van der Waals surface area contributed by atoms with Gasteiger partial charge < -0.3 is 5.32 Å². The van der Waals surface area contributed by atoms with Crippen molar-refractivity contribution in [3.8, 4) is 0 Å². The van der Waals surface area contributed by atoms with Gasteiger partial charge >= 0.3 is 0 Å². The van der Waals surface area contributed by atoms with E-state index in [9.17, 15) is 4.79 Å². The maximum atomic E-state index is 12.1. The minimum atomic E-state index is -0.0570. The number of carbonyl (C=O) groups is 1. The first kappa shape index (κ1) is 12.8. The molecule has 0 radical (unpaired) electrons. The predicted molar refractivity (Wildman–Crippen MR) is 74.2 cm³/mol. The van der Waals surface area contributed by atoms with Crippen LogP contribution in [0.3, 0.4) is 0 Å². The van der Waals surface area contributed by atoms with Gasteiger partial charge in [-0.05, 0) is 24.5 Å². The first-order valence-corrected chi connectivity index (χ1v) is 6.98. The number of aromatic amines is 1. The van der Waals surface area contributed by atoms with E-state index in [0.29, 0.717) is 5.69 Å². The SMILES string of the molecule is CCCc1sc(C(=O)Nc2cn[nH]c2)cc1CC. The lowest BCUT2D eigenvalue weighted by atomic mass is 10.1. The number of aryl methyl sites for hydroxylation is 2. The zero-order valence-electron chi connectivity index (χ0n) is 10.6. The van der Waals surface area contributed by atoms with E-state index in [4.69, 9.17) is 0 Å². The second-order valence-corrected chi connectivity index (χ2v) is 5.24. The Bertz CT molecular complexity index is 516. The number of hydrogen-bond donors (Lipinski definition) is 2. The molecule has 2 rings (SSSR count). The molecule has 18 heavy (non-hydrogen) atoms. The standard InChI is InChI=1S/C13H17N3OS/c1-3-5-11-9(4-2)6-12(18-11)13(17)16-10-7-14-15-8-10/h6-8H,3-5H2,1-2H3,(H,14,15)(H,16,17). The molecule has 0 fully saturated rings. The minimum absolute atomic E-state index is 0.0570.